The van der Waals surface area contributed by atoms with Gasteiger partial charge < -0.3 is 5.32 Å². The molecule has 104 valence electrons. The molecule has 1 heterocycles. The molecule has 0 aromatic carbocycles. The molecule has 0 aromatic rings. The number of likely N-dealkylation sites (N-methyl/N-ethyl adjacent to an activating group) is 1. The van der Waals surface area contributed by atoms with Gasteiger partial charge in [0.1, 0.15) is 0 Å². The fourth-order valence-electron chi connectivity index (χ4n) is 3.05. The van der Waals surface area contributed by atoms with Crippen molar-refractivity contribution in [3.8, 4) is 12.3 Å². The number of unbranched alkanes of at least 4 members (excludes halogenated alkanes) is 1. The summed E-state index contributed by atoms with van der Waals surface area (Å²) < 4.78 is 0. The summed E-state index contributed by atoms with van der Waals surface area (Å²) in [7, 11) is 0. The van der Waals surface area contributed by atoms with Gasteiger partial charge >= 0.3 is 0 Å². The summed E-state index contributed by atoms with van der Waals surface area (Å²) >= 11 is 0. The van der Waals surface area contributed by atoms with Gasteiger partial charge in [-0.25, -0.2) is 0 Å². The third-order valence-corrected chi connectivity index (χ3v) is 4.29. The van der Waals surface area contributed by atoms with Crippen LogP contribution in [0.5, 0.6) is 0 Å². The second-order valence-electron chi connectivity index (χ2n) is 5.91. The number of rotatable bonds is 7. The highest BCUT2D eigenvalue weighted by Gasteiger charge is 2.34. The quantitative estimate of drug-likeness (QED) is 0.552. The van der Waals surface area contributed by atoms with E-state index in [2.05, 4.69) is 36.9 Å². The molecule has 1 N–H and O–H groups in total. The zero-order valence-corrected chi connectivity index (χ0v) is 12.5. The summed E-state index contributed by atoms with van der Waals surface area (Å²) in [5.41, 5.74) is 0.241. The third kappa shape index (κ3) is 4.30. The standard InChI is InChI=1S/C16H30N2/c1-5-7-9-12-15(17-6-2)16(3,4)18-13-10-8-11-14-18/h1,15,17H,6-14H2,2-4H3. The molecule has 0 spiro atoms. The minimum absolute atomic E-state index is 0.241. The number of nitrogens with zero attached hydrogens (tertiary/aromatic N) is 1. The van der Waals surface area contributed by atoms with Crippen LogP contribution in [0.2, 0.25) is 0 Å². The first-order chi connectivity index (χ1) is 8.62. The largest absolute Gasteiger partial charge is 0.312 e. The van der Waals surface area contributed by atoms with Gasteiger partial charge in [0.05, 0.1) is 0 Å². The first-order valence-electron chi connectivity index (χ1n) is 7.54. The minimum Gasteiger partial charge on any atom is -0.312 e. The maximum absolute atomic E-state index is 5.36. The van der Waals surface area contributed by atoms with E-state index in [1.165, 1.54) is 38.8 Å². The molecule has 1 saturated heterocycles. The van der Waals surface area contributed by atoms with Crippen LogP contribution in [0.25, 0.3) is 0 Å². The number of hydrogen-bond acceptors (Lipinski definition) is 2. The summed E-state index contributed by atoms with van der Waals surface area (Å²) in [6.07, 6.45) is 12.7. The molecular formula is C16H30N2. The smallest absolute Gasteiger partial charge is 0.0306 e. The third-order valence-electron chi connectivity index (χ3n) is 4.29. The summed E-state index contributed by atoms with van der Waals surface area (Å²) in [5.74, 6) is 2.75. The predicted molar refractivity (Wildman–Crippen MR) is 79.7 cm³/mol. The Bertz CT molecular complexity index is 259. The van der Waals surface area contributed by atoms with Crippen LogP contribution in [-0.2, 0) is 0 Å². The van der Waals surface area contributed by atoms with Crippen LogP contribution >= 0.6 is 0 Å². The molecule has 1 unspecified atom stereocenters. The van der Waals surface area contributed by atoms with Gasteiger partial charge in [0.25, 0.3) is 0 Å². The van der Waals surface area contributed by atoms with Crippen molar-refractivity contribution in [3.63, 3.8) is 0 Å². The van der Waals surface area contributed by atoms with Crippen LogP contribution in [-0.4, -0.2) is 36.1 Å². The maximum atomic E-state index is 5.36. The van der Waals surface area contributed by atoms with Gasteiger partial charge in [-0.05, 0) is 59.2 Å². The summed E-state index contributed by atoms with van der Waals surface area (Å²) in [6.45, 7) is 10.5. The SMILES string of the molecule is C#CCCCC(NCC)C(C)(C)N1CCCCC1. The first kappa shape index (κ1) is 15.5. The van der Waals surface area contributed by atoms with E-state index in [-0.39, 0.29) is 5.54 Å². The van der Waals surface area contributed by atoms with E-state index in [9.17, 15) is 0 Å². The van der Waals surface area contributed by atoms with Crippen LogP contribution in [0.1, 0.15) is 59.3 Å². The molecule has 2 nitrogen and oxygen atoms in total. The molecule has 18 heavy (non-hydrogen) atoms. The fraction of sp³-hybridized carbons (Fsp3) is 0.875. The molecule has 0 saturated carbocycles. The molecule has 1 rings (SSSR count). The van der Waals surface area contributed by atoms with Gasteiger partial charge in [0, 0.05) is 18.0 Å². The number of nitrogens with one attached hydrogen (secondary N) is 1. The van der Waals surface area contributed by atoms with Crippen molar-refractivity contribution in [1.29, 1.82) is 0 Å². The van der Waals surface area contributed by atoms with Crippen LogP contribution in [0.3, 0.4) is 0 Å². The lowest BCUT2D eigenvalue weighted by Gasteiger charge is -2.46. The van der Waals surface area contributed by atoms with Crippen molar-refractivity contribution in [1.82, 2.24) is 10.2 Å². The topological polar surface area (TPSA) is 15.3 Å². The Hall–Kier alpha value is -0.520. The van der Waals surface area contributed by atoms with Gasteiger partial charge in [0.2, 0.25) is 0 Å². The van der Waals surface area contributed by atoms with Gasteiger partial charge in [0.15, 0.2) is 0 Å². The Balaban J connectivity index is 2.59. The second kappa shape index (κ2) is 7.81. The highest BCUT2D eigenvalue weighted by atomic mass is 15.2. The summed E-state index contributed by atoms with van der Waals surface area (Å²) in [6, 6.07) is 0.550. The normalized spacial score (nSPS) is 19.4. The number of hydrogen-bond donors (Lipinski definition) is 1. The second-order valence-corrected chi connectivity index (χ2v) is 5.91. The Morgan fingerprint density at radius 1 is 1.28 bits per heavy atom. The minimum atomic E-state index is 0.241. The van der Waals surface area contributed by atoms with E-state index in [0.29, 0.717) is 6.04 Å². The van der Waals surface area contributed by atoms with Crippen molar-refractivity contribution in [3.05, 3.63) is 0 Å². The monoisotopic (exact) mass is 250 g/mol. The lowest BCUT2D eigenvalue weighted by atomic mass is 9.87. The van der Waals surface area contributed by atoms with E-state index < -0.39 is 0 Å². The number of likely N-dealkylation sites (tertiary alicyclic amines) is 1. The van der Waals surface area contributed by atoms with E-state index in [1.54, 1.807) is 0 Å². The van der Waals surface area contributed by atoms with Crippen molar-refractivity contribution in [2.75, 3.05) is 19.6 Å². The van der Waals surface area contributed by atoms with Crippen molar-refractivity contribution < 1.29 is 0 Å². The fourth-order valence-corrected chi connectivity index (χ4v) is 3.05. The van der Waals surface area contributed by atoms with Crippen molar-refractivity contribution in [2.45, 2.75) is 70.9 Å². The first-order valence-corrected chi connectivity index (χ1v) is 7.54. The van der Waals surface area contributed by atoms with Gasteiger partial charge in [-0.2, -0.15) is 0 Å². The van der Waals surface area contributed by atoms with Crippen LogP contribution in [0.15, 0.2) is 0 Å². The van der Waals surface area contributed by atoms with E-state index >= 15 is 0 Å². The summed E-state index contributed by atoms with van der Waals surface area (Å²) in [4.78, 5) is 2.67. The average molecular weight is 250 g/mol. The van der Waals surface area contributed by atoms with Crippen molar-refractivity contribution in [2.24, 2.45) is 0 Å². The predicted octanol–water partition coefficient (Wildman–Crippen LogP) is 3.03. The Labute approximate surface area is 114 Å². The molecule has 1 atom stereocenters. The molecule has 0 amide bonds. The number of piperidine rings is 1. The molecule has 1 aliphatic heterocycles. The average Bonchev–Trinajstić information content (AvgIpc) is 2.39. The molecular weight excluding hydrogens is 220 g/mol. The van der Waals surface area contributed by atoms with Gasteiger partial charge in [-0.1, -0.05) is 13.3 Å². The Morgan fingerprint density at radius 3 is 2.50 bits per heavy atom. The highest BCUT2D eigenvalue weighted by Crippen LogP contribution is 2.26. The molecule has 2 heteroatoms. The van der Waals surface area contributed by atoms with Crippen LogP contribution in [0.4, 0.5) is 0 Å². The Morgan fingerprint density at radius 2 is 1.94 bits per heavy atom. The Kier molecular flexibility index (Phi) is 6.75. The zero-order valence-electron chi connectivity index (χ0n) is 12.5. The van der Waals surface area contributed by atoms with Gasteiger partial charge in [-0.15, -0.1) is 12.3 Å². The zero-order chi connectivity index (χ0) is 13.4. The van der Waals surface area contributed by atoms with E-state index in [4.69, 9.17) is 6.42 Å². The maximum Gasteiger partial charge on any atom is 0.0306 e. The summed E-state index contributed by atoms with van der Waals surface area (Å²) in [5, 5.41) is 3.67. The lowest BCUT2D eigenvalue weighted by Crippen LogP contribution is -2.58. The number of terminal acetylenes is 1. The lowest BCUT2D eigenvalue weighted by molar-refractivity contribution is 0.0582. The molecule has 0 aromatic heterocycles. The molecule has 0 bridgehead atoms. The highest BCUT2D eigenvalue weighted by molar-refractivity contribution is 4.95. The van der Waals surface area contributed by atoms with Crippen LogP contribution in [0, 0.1) is 12.3 Å². The van der Waals surface area contributed by atoms with Gasteiger partial charge in [-0.3, -0.25) is 4.90 Å². The molecule has 0 aliphatic carbocycles. The molecule has 1 fully saturated rings. The molecule has 1 aliphatic rings. The van der Waals surface area contributed by atoms with Crippen LogP contribution < -0.4 is 5.32 Å². The molecule has 0 radical (unpaired) electrons. The van der Waals surface area contributed by atoms with Crippen molar-refractivity contribution >= 4 is 0 Å². The van der Waals surface area contributed by atoms with E-state index in [0.717, 1.165) is 19.4 Å². The van der Waals surface area contributed by atoms with E-state index in [1.807, 2.05) is 0 Å².